The van der Waals surface area contributed by atoms with Gasteiger partial charge in [0.15, 0.2) is 0 Å². The summed E-state index contributed by atoms with van der Waals surface area (Å²) in [5.74, 6) is 0.815. The molecule has 5 nitrogen and oxygen atoms in total. The number of nitrogens with one attached hydrogen (secondary N) is 1. The van der Waals surface area contributed by atoms with E-state index in [1.807, 2.05) is 12.1 Å². The fourth-order valence-electron chi connectivity index (χ4n) is 1.78. The maximum Gasteiger partial charge on any atom is 0.252 e. The Kier molecular flexibility index (Phi) is 6.89. The number of aromatic nitrogens is 1. The number of carbonyl (C=O) groups excluding carboxylic acids is 1. The predicted octanol–water partition coefficient (Wildman–Crippen LogP) is 1.69. The van der Waals surface area contributed by atoms with Gasteiger partial charge in [-0.3, -0.25) is 4.79 Å². The molecule has 1 rings (SSSR count). The lowest BCUT2D eigenvalue weighted by molar-refractivity contribution is 0.0948. The summed E-state index contributed by atoms with van der Waals surface area (Å²) < 4.78 is 4.93. The van der Waals surface area contributed by atoms with Crippen molar-refractivity contribution in [3.05, 3.63) is 23.9 Å². The zero-order valence-corrected chi connectivity index (χ0v) is 12.0. The molecule has 1 N–H and O–H groups in total. The van der Waals surface area contributed by atoms with E-state index in [1.165, 1.54) is 0 Å². The topological polar surface area (TPSA) is 54.5 Å². The molecule has 1 amide bonds. The maximum atomic E-state index is 11.8. The Hall–Kier alpha value is -1.62. The summed E-state index contributed by atoms with van der Waals surface area (Å²) in [6.45, 7) is 7.26. The van der Waals surface area contributed by atoms with Crippen LogP contribution >= 0.6 is 0 Å². The van der Waals surface area contributed by atoms with Crippen molar-refractivity contribution in [1.82, 2.24) is 10.3 Å². The van der Waals surface area contributed by atoms with E-state index >= 15 is 0 Å². The molecule has 0 fully saturated rings. The third-order valence-corrected chi connectivity index (χ3v) is 2.91. The molecular formula is C14H23N3O2. The quantitative estimate of drug-likeness (QED) is 0.727. The lowest BCUT2D eigenvalue weighted by atomic mass is 10.2. The average Bonchev–Trinajstić information content (AvgIpc) is 2.45. The van der Waals surface area contributed by atoms with Crippen LogP contribution in [0.5, 0.6) is 0 Å². The molecule has 0 unspecified atom stereocenters. The van der Waals surface area contributed by atoms with E-state index < -0.39 is 0 Å². The number of pyridine rings is 1. The van der Waals surface area contributed by atoms with Gasteiger partial charge < -0.3 is 15.0 Å². The zero-order chi connectivity index (χ0) is 14.1. The molecule has 0 radical (unpaired) electrons. The van der Waals surface area contributed by atoms with Crippen LogP contribution in [-0.2, 0) is 4.74 Å². The first-order valence-electron chi connectivity index (χ1n) is 6.71. The van der Waals surface area contributed by atoms with Gasteiger partial charge in [0.1, 0.15) is 5.82 Å². The highest BCUT2D eigenvalue weighted by Crippen LogP contribution is 2.10. The average molecular weight is 265 g/mol. The highest BCUT2D eigenvalue weighted by atomic mass is 16.5. The van der Waals surface area contributed by atoms with Crippen molar-refractivity contribution in [3.63, 3.8) is 0 Å². The number of hydrogen-bond acceptors (Lipinski definition) is 4. The number of methoxy groups -OCH3 is 1. The van der Waals surface area contributed by atoms with E-state index in [0.29, 0.717) is 18.7 Å². The van der Waals surface area contributed by atoms with Gasteiger partial charge in [-0.1, -0.05) is 0 Å². The van der Waals surface area contributed by atoms with Crippen LogP contribution in [-0.4, -0.2) is 44.2 Å². The summed E-state index contributed by atoms with van der Waals surface area (Å²) in [6, 6.07) is 3.70. The summed E-state index contributed by atoms with van der Waals surface area (Å²) in [5, 5.41) is 2.84. The fraction of sp³-hybridized carbons (Fsp3) is 0.571. The van der Waals surface area contributed by atoms with Gasteiger partial charge in [0.25, 0.3) is 5.91 Å². The smallest absolute Gasteiger partial charge is 0.252 e. The van der Waals surface area contributed by atoms with Gasteiger partial charge in [-0.15, -0.1) is 0 Å². The van der Waals surface area contributed by atoms with Gasteiger partial charge in [-0.2, -0.15) is 0 Å². The van der Waals surface area contributed by atoms with Gasteiger partial charge in [0.2, 0.25) is 0 Å². The zero-order valence-electron chi connectivity index (χ0n) is 12.0. The summed E-state index contributed by atoms with van der Waals surface area (Å²) in [6.07, 6.45) is 2.44. The van der Waals surface area contributed by atoms with Crippen molar-refractivity contribution in [3.8, 4) is 0 Å². The van der Waals surface area contributed by atoms with Crippen molar-refractivity contribution < 1.29 is 9.53 Å². The molecule has 1 aromatic rings. The van der Waals surface area contributed by atoms with Crippen LogP contribution in [0, 0.1) is 0 Å². The maximum absolute atomic E-state index is 11.8. The van der Waals surface area contributed by atoms with Gasteiger partial charge >= 0.3 is 0 Å². The van der Waals surface area contributed by atoms with Gasteiger partial charge in [-0.05, 0) is 32.4 Å². The summed E-state index contributed by atoms with van der Waals surface area (Å²) in [5.41, 5.74) is 0.591. The summed E-state index contributed by atoms with van der Waals surface area (Å²) >= 11 is 0. The molecule has 0 spiro atoms. The second-order valence-corrected chi connectivity index (χ2v) is 4.18. The summed E-state index contributed by atoms with van der Waals surface area (Å²) in [4.78, 5) is 18.3. The van der Waals surface area contributed by atoms with Crippen molar-refractivity contribution in [2.75, 3.05) is 38.3 Å². The Labute approximate surface area is 115 Å². The number of carbonyl (C=O) groups is 1. The SMILES string of the molecule is CCN(CC)c1ccc(C(=O)NCCCOC)cn1. The lowest BCUT2D eigenvalue weighted by Crippen LogP contribution is -2.26. The third-order valence-electron chi connectivity index (χ3n) is 2.91. The van der Waals surface area contributed by atoms with E-state index in [2.05, 4.69) is 29.0 Å². The molecule has 1 heterocycles. The predicted molar refractivity (Wildman–Crippen MR) is 76.6 cm³/mol. The normalized spacial score (nSPS) is 10.3. The highest BCUT2D eigenvalue weighted by molar-refractivity contribution is 5.94. The van der Waals surface area contributed by atoms with Crippen LogP contribution in [0.2, 0.25) is 0 Å². The van der Waals surface area contributed by atoms with E-state index in [9.17, 15) is 4.79 Å². The minimum atomic E-state index is -0.0882. The molecular weight excluding hydrogens is 242 g/mol. The summed E-state index contributed by atoms with van der Waals surface area (Å²) in [7, 11) is 1.65. The number of hydrogen-bond donors (Lipinski definition) is 1. The van der Waals surface area contributed by atoms with Gasteiger partial charge in [0.05, 0.1) is 5.56 Å². The molecule has 0 atom stereocenters. The first-order valence-corrected chi connectivity index (χ1v) is 6.71. The third kappa shape index (κ3) is 4.87. The lowest BCUT2D eigenvalue weighted by Gasteiger charge is -2.19. The van der Waals surface area contributed by atoms with Gasteiger partial charge in [-0.25, -0.2) is 4.98 Å². The van der Waals surface area contributed by atoms with Crippen LogP contribution < -0.4 is 10.2 Å². The van der Waals surface area contributed by atoms with Crippen LogP contribution in [0.4, 0.5) is 5.82 Å². The van der Waals surface area contributed by atoms with Gasteiger partial charge in [0, 0.05) is 39.5 Å². The molecule has 5 heteroatoms. The van der Waals surface area contributed by atoms with E-state index in [1.54, 1.807) is 13.3 Å². The molecule has 1 aromatic heterocycles. The second-order valence-electron chi connectivity index (χ2n) is 4.18. The molecule has 19 heavy (non-hydrogen) atoms. The number of anilines is 1. The van der Waals surface area contributed by atoms with Crippen molar-refractivity contribution in [2.24, 2.45) is 0 Å². The molecule has 106 valence electrons. The monoisotopic (exact) mass is 265 g/mol. The molecule has 0 saturated heterocycles. The first kappa shape index (κ1) is 15.4. The fourth-order valence-corrected chi connectivity index (χ4v) is 1.78. The number of amides is 1. The Morgan fingerprint density at radius 2 is 2.11 bits per heavy atom. The van der Waals surface area contributed by atoms with E-state index in [4.69, 9.17) is 4.74 Å². The molecule has 0 bridgehead atoms. The minimum Gasteiger partial charge on any atom is -0.385 e. The minimum absolute atomic E-state index is 0.0882. The molecule has 0 aromatic carbocycles. The second kappa shape index (κ2) is 8.48. The number of nitrogens with zero attached hydrogens (tertiary/aromatic N) is 2. The van der Waals surface area contributed by atoms with Crippen LogP contribution in [0.15, 0.2) is 18.3 Å². The van der Waals surface area contributed by atoms with Crippen molar-refractivity contribution >= 4 is 11.7 Å². The highest BCUT2D eigenvalue weighted by Gasteiger charge is 2.07. The first-order chi connectivity index (χ1) is 9.22. The largest absolute Gasteiger partial charge is 0.385 e. The number of rotatable bonds is 8. The molecule has 0 aliphatic carbocycles. The molecule has 0 aliphatic heterocycles. The Morgan fingerprint density at radius 1 is 1.37 bits per heavy atom. The molecule has 0 aliphatic rings. The van der Waals surface area contributed by atoms with E-state index in [-0.39, 0.29) is 5.91 Å². The standard InChI is InChI=1S/C14H23N3O2/c1-4-17(5-2)13-8-7-12(11-16-13)14(18)15-9-6-10-19-3/h7-8,11H,4-6,9-10H2,1-3H3,(H,15,18). The molecule has 0 saturated carbocycles. The van der Waals surface area contributed by atoms with Crippen molar-refractivity contribution in [2.45, 2.75) is 20.3 Å². The van der Waals surface area contributed by atoms with Crippen molar-refractivity contribution in [1.29, 1.82) is 0 Å². The van der Waals surface area contributed by atoms with Crippen LogP contribution in [0.1, 0.15) is 30.6 Å². The number of ether oxygens (including phenoxy) is 1. The van der Waals surface area contributed by atoms with E-state index in [0.717, 1.165) is 25.3 Å². The Morgan fingerprint density at radius 3 is 2.63 bits per heavy atom. The Bertz CT molecular complexity index is 375. The van der Waals surface area contributed by atoms with Crippen LogP contribution in [0.3, 0.4) is 0 Å². The van der Waals surface area contributed by atoms with Crippen LogP contribution in [0.25, 0.3) is 0 Å². The Balaban J connectivity index is 2.53.